The molecule has 1 aliphatic carbocycles. The minimum atomic E-state index is 0.0944. The molecule has 1 saturated carbocycles. The van der Waals surface area contributed by atoms with Gasteiger partial charge in [0.05, 0.1) is 23.0 Å². The zero-order valence-corrected chi connectivity index (χ0v) is 12.5. The quantitative estimate of drug-likeness (QED) is 0.910. The number of hydrogen-bond acceptors (Lipinski definition) is 4. The molecule has 0 aromatic heterocycles. The average Bonchev–Trinajstić information content (AvgIpc) is 2.44. The monoisotopic (exact) mass is 275 g/mol. The fourth-order valence-corrected chi connectivity index (χ4v) is 3.64. The maximum absolute atomic E-state index is 6.14. The fourth-order valence-electron chi connectivity index (χ4n) is 3.64. The van der Waals surface area contributed by atoms with Crippen LogP contribution >= 0.6 is 0 Å². The van der Waals surface area contributed by atoms with Gasteiger partial charge >= 0.3 is 0 Å². The van der Waals surface area contributed by atoms with Crippen molar-refractivity contribution in [3.8, 4) is 0 Å². The molecule has 20 heavy (non-hydrogen) atoms. The molecule has 4 nitrogen and oxygen atoms in total. The molecule has 0 amide bonds. The van der Waals surface area contributed by atoms with E-state index in [2.05, 4.69) is 48.0 Å². The Morgan fingerprint density at radius 1 is 1.25 bits per heavy atom. The van der Waals surface area contributed by atoms with Crippen LogP contribution in [-0.4, -0.2) is 44.9 Å². The largest absolute Gasteiger partial charge is 0.378 e. The summed E-state index contributed by atoms with van der Waals surface area (Å²) in [5.41, 5.74) is 8.87. The van der Waals surface area contributed by atoms with Crippen LogP contribution < -0.4 is 15.5 Å². The van der Waals surface area contributed by atoms with E-state index >= 15 is 0 Å². The molecule has 2 aliphatic rings. The molecule has 1 fully saturated rings. The molecule has 0 unspecified atom stereocenters. The van der Waals surface area contributed by atoms with Gasteiger partial charge < -0.3 is 20.3 Å². The highest BCUT2D eigenvalue weighted by atomic mass is 16.5. The van der Waals surface area contributed by atoms with Crippen LogP contribution in [-0.2, 0) is 4.74 Å². The van der Waals surface area contributed by atoms with Crippen LogP contribution in [0.25, 0.3) is 0 Å². The molecule has 0 saturated heterocycles. The maximum atomic E-state index is 6.14. The van der Waals surface area contributed by atoms with Gasteiger partial charge in [0.15, 0.2) is 0 Å². The van der Waals surface area contributed by atoms with Crippen LogP contribution in [0.15, 0.2) is 24.3 Å². The molecule has 110 valence electrons. The van der Waals surface area contributed by atoms with Gasteiger partial charge in [0.2, 0.25) is 0 Å². The summed E-state index contributed by atoms with van der Waals surface area (Å²) in [6.45, 7) is 5.66. The number of ether oxygens (including phenoxy) is 1. The third kappa shape index (κ3) is 2.07. The Labute approximate surface area is 121 Å². The second-order valence-corrected chi connectivity index (χ2v) is 5.98. The second-order valence-electron chi connectivity index (χ2n) is 5.98. The van der Waals surface area contributed by atoms with E-state index < -0.39 is 0 Å². The average molecular weight is 275 g/mol. The molecule has 0 bridgehead atoms. The van der Waals surface area contributed by atoms with Crippen molar-refractivity contribution in [1.82, 2.24) is 0 Å². The summed E-state index contributed by atoms with van der Waals surface area (Å²) in [5.74, 6) is 0. The van der Waals surface area contributed by atoms with Crippen molar-refractivity contribution in [1.29, 1.82) is 0 Å². The van der Waals surface area contributed by atoms with Crippen LogP contribution in [0.1, 0.15) is 19.8 Å². The lowest BCUT2D eigenvalue weighted by Crippen LogP contribution is -2.66. The van der Waals surface area contributed by atoms with Gasteiger partial charge in [-0.2, -0.15) is 0 Å². The number of anilines is 2. The molecule has 1 aromatic rings. The van der Waals surface area contributed by atoms with Gasteiger partial charge in [0.1, 0.15) is 0 Å². The summed E-state index contributed by atoms with van der Waals surface area (Å²) in [6.07, 6.45) is 2.49. The van der Waals surface area contributed by atoms with Crippen LogP contribution in [0.4, 0.5) is 11.4 Å². The number of nitrogens with two attached hydrogens (primary N) is 1. The first-order valence-electron chi connectivity index (χ1n) is 7.59. The topological polar surface area (TPSA) is 41.7 Å². The van der Waals surface area contributed by atoms with E-state index in [0.29, 0.717) is 12.6 Å². The first kappa shape index (κ1) is 13.7. The molecule has 3 rings (SSSR count). The zero-order valence-electron chi connectivity index (χ0n) is 12.5. The van der Waals surface area contributed by atoms with E-state index in [-0.39, 0.29) is 5.54 Å². The molecule has 2 N–H and O–H groups in total. The van der Waals surface area contributed by atoms with Crippen LogP contribution in [0.2, 0.25) is 0 Å². The van der Waals surface area contributed by atoms with Gasteiger partial charge in [-0.05, 0) is 31.9 Å². The van der Waals surface area contributed by atoms with Gasteiger partial charge in [-0.25, -0.2) is 0 Å². The van der Waals surface area contributed by atoms with Crippen molar-refractivity contribution < 1.29 is 4.74 Å². The predicted octanol–water partition coefficient (Wildman–Crippen LogP) is 1.84. The normalized spacial score (nSPS) is 29.1. The van der Waals surface area contributed by atoms with Gasteiger partial charge in [-0.1, -0.05) is 12.1 Å². The highest BCUT2D eigenvalue weighted by Gasteiger charge is 2.49. The lowest BCUT2D eigenvalue weighted by atomic mass is 9.72. The fraction of sp³-hybridized carbons (Fsp3) is 0.625. The van der Waals surface area contributed by atoms with Crippen LogP contribution in [0.5, 0.6) is 0 Å². The van der Waals surface area contributed by atoms with Crippen LogP contribution in [0, 0.1) is 0 Å². The van der Waals surface area contributed by atoms with Crippen molar-refractivity contribution in [2.24, 2.45) is 5.73 Å². The zero-order chi connectivity index (χ0) is 14.2. The summed E-state index contributed by atoms with van der Waals surface area (Å²) in [7, 11) is 2.16. The first-order valence-corrected chi connectivity index (χ1v) is 7.59. The SMILES string of the molecule is CCOC1CC(CN)(N2CCN(C)c3ccccc32)C1. The molecular formula is C16H25N3O. The Kier molecular flexibility index (Phi) is 3.61. The van der Waals surface area contributed by atoms with E-state index in [1.165, 1.54) is 11.4 Å². The molecule has 0 radical (unpaired) electrons. The number of fused-ring (bicyclic) bond motifs is 1. The summed E-state index contributed by atoms with van der Waals surface area (Å²) < 4.78 is 5.74. The van der Waals surface area contributed by atoms with E-state index in [4.69, 9.17) is 10.5 Å². The number of rotatable bonds is 4. The van der Waals surface area contributed by atoms with Crippen molar-refractivity contribution in [3.63, 3.8) is 0 Å². The Balaban J connectivity index is 1.86. The second kappa shape index (κ2) is 5.26. The van der Waals surface area contributed by atoms with Crippen LogP contribution in [0.3, 0.4) is 0 Å². The van der Waals surface area contributed by atoms with Gasteiger partial charge in [0, 0.05) is 33.3 Å². The van der Waals surface area contributed by atoms with E-state index in [9.17, 15) is 0 Å². The Morgan fingerprint density at radius 3 is 2.60 bits per heavy atom. The summed E-state index contributed by atoms with van der Waals surface area (Å²) >= 11 is 0. The third-order valence-electron chi connectivity index (χ3n) is 4.81. The Bertz CT molecular complexity index is 471. The van der Waals surface area contributed by atoms with Crippen molar-refractivity contribution in [3.05, 3.63) is 24.3 Å². The van der Waals surface area contributed by atoms with Crippen molar-refractivity contribution in [2.75, 3.05) is 43.1 Å². The van der Waals surface area contributed by atoms with Crippen molar-refractivity contribution >= 4 is 11.4 Å². The lowest BCUT2D eigenvalue weighted by molar-refractivity contribution is -0.0370. The standard InChI is InChI=1S/C16H25N3O/c1-3-20-13-10-16(11-13,12-17)19-9-8-18(2)14-6-4-5-7-15(14)19/h4-7,13H,3,8-12,17H2,1-2H3. The predicted molar refractivity (Wildman–Crippen MR) is 83.5 cm³/mol. The number of para-hydroxylation sites is 2. The molecule has 1 aromatic carbocycles. The van der Waals surface area contributed by atoms with Crippen molar-refractivity contribution in [2.45, 2.75) is 31.4 Å². The maximum Gasteiger partial charge on any atom is 0.0620 e. The van der Waals surface area contributed by atoms with E-state index in [1.54, 1.807) is 0 Å². The summed E-state index contributed by atoms with van der Waals surface area (Å²) in [4.78, 5) is 4.85. The van der Waals surface area contributed by atoms with E-state index in [1.807, 2.05) is 0 Å². The Morgan fingerprint density at radius 2 is 1.95 bits per heavy atom. The molecule has 0 atom stereocenters. The van der Waals surface area contributed by atoms with Gasteiger partial charge in [-0.3, -0.25) is 0 Å². The molecular weight excluding hydrogens is 250 g/mol. The number of hydrogen-bond donors (Lipinski definition) is 1. The summed E-state index contributed by atoms with van der Waals surface area (Å²) in [6, 6.07) is 8.65. The highest BCUT2D eigenvalue weighted by Crippen LogP contribution is 2.45. The van der Waals surface area contributed by atoms with E-state index in [0.717, 1.165) is 32.5 Å². The molecule has 4 heteroatoms. The third-order valence-corrected chi connectivity index (χ3v) is 4.81. The highest BCUT2D eigenvalue weighted by molar-refractivity contribution is 5.74. The van der Waals surface area contributed by atoms with Gasteiger partial charge in [0.25, 0.3) is 0 Å². The van der Waals surface area contributed by atoms with Gasteiger partial charge in [-0.15, -0.1) is 0 Å². The Hall–Kier alpha value is -1.26. The number of nitrogens with zero attached hydrogens (tertiary/aromatic N) is 2. The molecule has 0 spiro atoms. The first-order chi connectivity index (χ1) is 9.70. The molecule has 1 aliphatic heterocycles. The minimum absolute atomic E-state index is 0.0944. The molecule has 1 heterocycles. The summed E-state index contributed by atoms with van der Waals surface area (Å²) in [5, 5.41) is 0. The minimum Gasteiger partial charge on any atom is -0.378 e. The smallest absolute Gasteiger partial charge is 0.0620 e. The lowest BCUT2D eigenvalue weighted by Gasteiger charge is -2.56. The number of benzene rings is 1. The number of likely N-dealkylation sites (N-methyl/N-ethyl adjacent to an activating group) is 1.